The maximum Gasteiger partial charge on any atom is 0.451 e. The maximum atomic E-state index is 14.6. The van der Waals surface area contributed by atoms with E-state index in [0.717, 1.165) is 5.56 Å². The van der Waals surface area contributed by atoms with Crippen LogP contribution in [-0.2, 0) is 16.6 Å². The number of nitrogens with one attached hydrogen (secondary N) is 1. The Bertz CT molecular complexity index is 636. The van der Waals surface area contributed by atoms with Crippen molar-refractivity contribution in [2.45, 2.75) is 57.3 Å². The van der Waals surface area contributed by atoms with Gasteiger partial charge in [0, 0.05) is 11.6 Å². The Morgan fingerprint density at radius 1 is 1.48 bits per heavy atom. The lowest BCUT2D eigenvalue weighted by molar-refractivity contribution is -0.145. The van der Waals surface area contributed by atoms with Crippen LogP contribution >= 0.6 is 0 Å². The Balaban J connectivity index is 2.40. The normalized spacial score (nSPS) is 23.4. The molecular weight excluding hydrogens is 324 g/mol. The molecule has 138 valence electrons. The number of halogens is 1. The molecule has 3 atom stereocenters. The highest BCUT2D eigenvalue weighted by Crippen LogP contribution is 2.47. The summed E-state index contributed by atoms with van der Waals surface area (Å²) < 4.78 is 14.6. The summed E-state index contributed by atoms with van der Waals surface area (Å²) in [5.74, 6) is -1.42. The van der Waals surface area contributed by atoms with Crippen LogP contribution in [0.25, 0.3) is 0 Å². The smallest absolute Gasteiger partial charge is 0.451 e. The Hall–Kier alpha value is -1.44. The molecule has 0 aromatic heterocycles. The van der Waals surface area contributed by atoms with Gasteiger partial charge in [0.1, 0.15) is 5.82 Å². The van der Waals surface area contributed by atoms with Gasteiger partial charge in [-0.2, -0.15) is 0 Å². The van der Waals surface area contributed by atoms with Crippen LogP contribution in [0.3, 0.4) is 0 Å². The van der Waals surface area contributed by atoms with Crippen molar-refractivity contribution in [2.75, 3.05) is 7.05 Å². The molecule has 1 aromatic rings. The molecule has 1 aliphatic carbocycles. The molecule has 5 nitrogen and oxygen atoms in total. The molecule has 2 rings (SSSR count). The van der Waals surface area contributed by atoms with Crippen LogP contribution in [0, 0.1) is 11.7 Å². The van der Waals surface area contributed by atoms with E-state index in [1.54, 1.807) is 20.0 Å². The Kier molecular flexibility index (Phi) is 6.24. The van der Waals surface area contributed by atoms with Gasteiger partial charge in [-0.05, 0) is 68.7 Å². The summed E-state index contributed by atoms with van der Waals surface area (Å²) >= 11 is 0. The highest BCUT2D eigenvalue weighted by Gasteiger charge is 2.49. The molecule has 0 radical (unpaired) electrons. The van der Waals surface area contributed by atoms with Crippen molar-refractivity contribution in [3.63, 3.8) is 0 Å². The van der Waals surface area contributed by atoms with Crippen LogP contribution in [-0.4, -0.2) is 35.3 Å². The van der Waals surface area contributed by atoms with Gasteiger partial charge in [0.25, 0.3) is 0 Å². The molecule has 0 fully saturated rings. The molecule has 0 saturated heterocycles. The molecule has 4 N–H and O–H groups in total. The first kappa shape index (κ1) is 19.9. The minimum atomic E-state index is -1.38. The zero-order chi connectivity index (χ0) is 18.8. The van der Waals surface area contributed by atoms with Gasteiger partial charge < -0.3 is 20.5 Å². The number of aliphatic carboxylic acids is 1. The molecule has 0 spiro atoms. The van der Waals surface area contributed by atoms with Crippen molar-refractivity contribution in [3.8, 4) is 0 Å². The summed E-state index contributed by atoms with van der Waals surface area (Å²) in [4.78, 5) is 12.1. The van der Waals surface area contributed by atoms with Gasteiger partial charge in [0.2, 0.25) is 0 Å². The van der Waals surface area contributed by atoms with E-state index in [9.17, 15) is 14.3 Å². The van der Waals surface area contributed by atoms with Crippen molar-refractivity contribution in [2.24, 2.45) is 5.92 Å². The zero-order valence-corrected chi connectivity index (χ0v) is 15.1. The molecule has 25 heavy (non-hydrogen) atoms. The van der Waals surface area contributed by atoms with E-state index in [0.29, 0.717) is 36.8 Å². The first-order valence-electron chi connectivity index (χ1n) is 8.85. The highest BCUT2D eigenvalue weighted by molar-refractivity contribution is 6.40. The number of benzene rings is 1. The molecule has 0 heterocycles. The predicted octanol–water partition coefficient (Wildman–Crippen LogP) is 2.26. The summed E-state index contributed by atoms with van der Waals surface area (Å²) in [6.07, 6.45) is 2.47. The van der Waals surface area contributed by atoms with Crippen LogP contribution < -0.4 is 5.32 Å². The Morgan fingerprint density at radius 3 is 2.68 bits per heavy atom. The quantitative estimate of drug-likeness (QED) is 0.540. The number of fused-ring (bicyclic) bond motifs is 1. The Labute approximate surface area is 148 Å². The zero-order valence-electron chi connectivity index (χ0n) is 15.1. The number of carbonyl (C=O) groups is 1. The SMILES string of the molecule is CC[C@@H](NC)c1cc2c(cc1F)C[C@H](CCCB(O)O)[C@]2(C)C(=O)O. The van der Waals surface area contributed by atoms with E-state index in [1.807, 2.05) is 6.92 Å². The summed E-state index contributed by atoms with van der Waals surface area (Å²) in [6.45, 7) is 3.65. The molecule has 7 heteroatoms. The van der Waals surface area contributed by atoms with Crippen LogP contribution in [0.1, 0.15) is 55.8 Å². The monoisotopic (exact) mass is 351 g/mol. The second-order valence-corrected chi connectivity index (χ2v) is 7.10. The van der Waals surface area contributed by atoms with Crippen molar-refractivity contribution >= 4 is 13.1 Å². The summed E-state index contributed by atoms with van der Waals surface area (Å²) in [6, 6.07) is 3.03. The molecule has 0 unspecified atom stereocenters. The number of carboxylic acids is 1. The summed E-state index contributed by atoms with van der Waals surface area (Å²) in [5.41, 5.74) is 0.832. The molecular formula is C18H27BFNO4. The van der Waals surface area contributed by atoms with Crippen LogP contribution in [0.2, 0.25) is 6.32 Å². The van der Waals surface area contributed by atoms with Crippen LogP contribution in [0.5, 0.6) is 0 Å². The van der Waals surface area contributed by atoms with Gasteiger partial charge in [0.05, 0.1) is 5.41 Å². The standard InChI is InChI=1S/C18H27BFNO4/c1-4-16(21-3)13-10-14-11(9-15(13)20)8-12(6-5-7-19(24)25)18(14,2)17(22)23/h9-10,12,16,21,24-25H,4-8H2,1-3H3,(H,22,23)/t12-,16+,18-/m0/s1. The fourth-order valence-corrected chi connectivity index (χ4v) is 4.05. The topological polar surface area (TPSA) is 89.8 Å². The number of hydrogen-bond acceptors (Lipinski definition) is 4. The minimum Gasteiger partial charge on any atom is -0.481 e. The van der Waals surface area contributed by atoms with Crippen LogP contribution in [0.4, 0.5) is 4.39 Å². The third-order valence-corrected chi connectivity index (χ3v) is 5.66. The number of hydrogen-bond donors (Lipinski definition) is 4. The number of rotatable bonds is 8. The largest absolute Gasteiger partial charge is 0.481 e. The molecule has 0 saturated carbocycles. The van der Waals surface area contributed by atoms with Crippen molar-refractivity contribution < 1.29 is 24.3 Å². The molecule has 1 aromatic carbocycles. The second-order valence-electron chi connectivity index (χ2n) is 7.10. The molecule has 0 aliphatic heterocycles. The maximum absolute atomic E-state index is 14.6. The minimum absolute atomic E-state index is 0.160. The lowest BCUT2D eigenvalue weighted by atomic mass is 9.72. The second kappa shape index (κ2) is 7.85. The third kappa shape index (κ3) is 3.73. The van der Waals surface area contributed by atoms with Gasteiger partial charge in [-0.1, -0.05) is 13.3 Å². The molecule has 1 aliphatic rings. The number of carboxylic acid groups (broad SMARTS) is 1. The predicted molar refractivity (Wildman–Crippen MR) is 94.9 cm³/mol. The average Bonchev–Trinajstić information content (AvgIpc) is 2.81. The van der Waals surface area contributed by atoms with Crippen molar-refractivity contribution in [1.82, 2.24) is 5.32 Å². The summed E-state index contributed by atoms with van der Waals surface area (Å²) in [7, 11) is 0.380. The van der Waals surface area contributed by atoms with Crippen LogP contribution in [0.15, 0.2) is 12.1 Å². The molecule has 0 amide bonds. The lowest BCUT2D eigenvalue weighted by Crippen LogP contribution is -2.37. The first-order valence-corrected chi connectivity index (χ1v) is 8.85. The van der Waals surface area contributed by atoms with Gasteiger partial charge in [-0.3, -0.25) is 4.79 Å². The van der Waals surface area contributed by atoms with E-state index < -0.39 is 18.5 Å². The fourth-order valence-electron chi connectivity index (χ4n) is 4.05. The van der Waals surface area contributed by atoms with Gasteiger partial charge >= 0.3 is 13.1 Å². The lowest BCUT2D eigenvalue weighted by Gasteiger charge is -2.29. The van der Waals surface area contributed by atoms with Gasteiger partial charge in [-0.25, -0.2) is 4.39 Å². The first-order chi connectivity index (χ1) is 11.7. The van der Waals surface area contributed by atoms with E-state index >= 15 is 0 Å². The average molecular weight is 351 g/mol. The Morgan fingerprint density at radius 2 is 2.16 bits per heavy atom. The van der Waals surface area contributed by atoms with E-state index in [-0.39, 0.29) is 24.1 Å². The molecule has 0 bridgehead atoms. The fraction of sp³-hybridized carbons (Fsp3) is 0.611. The van der Waals surface area contributed by atoms with Crippen molar-refractivity contribution in [1.29, 1.82) is 0 Å². The van der Waals surface area contributed by atoms with E-state index in [1.165, 1.54) is 6.07 Å². The van der Waals surface area contributed by atoms with Gasteiger partial charge in [-0.15, -0.1) is 0 Å². The van der Waals surface area contributed by atoms with E-state index in [4.69, 9.17) is 10.0 Å². The van der Waals surface area contributed by atoms with Crippen molar-refractivity contribution in [3.05, 3.63) is 34.6 Å². The van der Waals surface area contributed by atoms with Gasteiger partial charge in [0.15, 0.2) is 0 Å². The highest BCUT2D eigenvalue weighted by atomic mass is 19.1. The summed E-state index contributed by atoms with van der Waals surface area (Å²) in [5, 5.41) is 31.0. The third-order valence-electron chi connectivity index (χ3n) is 5.66. The van der Waals surface area contributed by atoms with E-state index in [2.05, 4.69) is 5.32 Å².